The highest BCUT2D eigenvalue weighted by Gasteiger charge is 2.05. The molecular weight excluding hydrogens is 258 g/mol. The predicted octanol–water partition coefficient (Wildman–Crippen LogP) is 4.51. The van der Waals surface area contributed by atoms with Gasteiger partial charge in [-0.2, -0.15) is 0 Å². The van der Waals surface area contributed by atoms with Crippen molar-refractivity contribution < 1.29 is 13.5 Å². The fourth-order valence-corrected chi connectivity index (χ4v) is 1.72. The topological polar surface area (TPSA) is 9.23 Å². The molecule has 0 saturated heterocycles. The van der Waals surface area contributed by atoms with Gasteiger partial charge in [0.1, 0.15) is 24.0 Å². The SMILES string of the molecule is Cc1cc(OCc2cc(Cl)ccc2F)ccc1F. The van der Waals surface area contributed by atoms with Crippen LogP contribution in [0.2, 0.25) is 5.02 Å². The van der Waals surface area contributed by atoms with E-state index in [0.29, 0.717) is 21.9 Å². The van der Waals surface area contributed by atoms with Crippen LogP contribution in [-0.4, -0.2) is 0 Å². The van der Waals surface area contributed by atoms with Crippen LogP contribution in [0, 0.1) is 18.6 Å². The maximum Gasteiger partial charge on any atom is 0.129 e. The third kappa shape index (κ3) is 2.99. The zero-order chi connectivity index (χ0) is 13.1. The van der Waals surface area contributed by atoms with Gasteiger partial charge in [-0.3, -0.25) is 0 Å². The Morgan fingerprint density at radius 2 is 1.78 bits per heavy atom. The van der Waals surface area contributed by atoms with Gasteiger partial charge in [0.05, 0.1) is 0 Å². The molecule has 0 heterocycles. The van der Waals surface area contributed by atoms with Crippen LogP contribution in [0.15, 0.2) is 36.4 Å². The zero-order valence-electron chi connectivity index (χ0n) is 9.71. The summed E-state index contributed by atoms with van der Waals surface area (Å²) in [4.78, 5) is 0. The van der Waals surface area contributed by atoms with E-state index >= 15 is 0 Å². The lowest BCUT2D eigenvalue weighted by atomic mass is 10.2. The number of aryl methyl sites for hydroxylation is 1. The number of halogens is 3. The van der Waals surface area contributed by atoms with Crippen LogP contribution in [0.4, 0.5) is 8.78 Å². The van der Waals surface area contributed by atoms with E-state index in [4.69, 9.17) is 16.3 Å². The molecule has 0 saturated carbocycles. The molecule has 4 heteroatoms. The summed E-state index contributed by atoms with van der Waals surface area (Å²) in [7, 11) is 0. The van der Waals surface area contributed by atoms with E-state index in [0.717, 1.165) is 0 Å². The summed E-state index contributed by atoms with van der Waals surface area (Å²) in [6.07, 6.45) is 0. The Balaban J connectivity index is 2.11. The third-order valence-corrected chi connectivity index (χ3v) is 2.77. The van der Waals surface area contributed by atoms with Crippen LogP contribution in [0.3, 0.4) is 0 Å². The molecule has 0 aliphatic carbocycles. The molecule has 0 aliphatic rings. The van der Waals surface area contributed by atoms with Crippen molar-refractivity contribution in [2.75, 3.05) is 0 Å². The summed E-state index contributed by atoms with van der Waals surface area (Å²) >= 11 is 5.77. The Hall–Kier alpha value is -1.61. The van der Waals surface area contributed by atoms with Crippen molar-refractivity contribution in [3.8, 4) is 5.75 Å². The molecule has 94 valence electrons. The van der Waals surface area contributed by atoms with E-state index in [-0.39, 0.29) is 18.2 Å². The summed E-state index contributed by atoms with van der Waals surface area (Å²) in [6, 6.07) is 8.66. The molecule has 0 aromatic heterocycles. The van der Waals surface area contributed by atoms with Crippen LogP contribution in [0.5, 0.6) is 5.75 Å². The molecule has 1 nitrogen and oxygen atoms in total. The van der Waals surface area contributed by atoms with Crippen LogP contribution in [-0.2, 0) is 6.61 Å². The second-order valence-corrected chi connectivity index (χ2v) is 4.37. The normalized spacial score (nSPS) is 10.4. The molecule has 0 spiro atoms. The molecule has 0 atom stereocenters. The lowest BCUT2D eigenvalue weighted by Crippen LogP contribution is -1.99. The minimum absolute atomic E-state index is 0.0530. The molecule has 18 heavy (non-hydrogen) atoms. The first-order valence-electron chi connectivity index (χ1n) is 5.39. The number of hydrogen-bond acceptors (Lipinski definition) is 1. The van der Waals surface area contributed by atoms with Gasteiger partial charge in [0.2, 0.25) is 0 Å². The minimum Gasteiger partial charge on any atom is -0.489 e. The lowest BCUT2D eigenvalue weighted by molar-refractivity contribution is 0.299. The number of hydrogen-bond donors (Lipinski definition) is 0. The number of benzene rings is 2. The minimum atomic E-state index is -0.377. The average Bonchev–Trinajstić information content (AvgIpc) is 2.34. The largest absolute Gasteiger partial charge is 0.489 e. The van der Waals surface area contributed by atoms with E-state index in [9.17, 15) is 8.78 Å². The van der Waals surface area contributed by atoms with Crippen molar-refractivity contribution in [1.29, 1.82) is 0 Å². The van der Waals surface area contributed by atoms with Gasteiger partial charge in [0, 0.05) is 10.6 Å². The van der Waals surface area contributed by atoms with Gasteiger partial charge < -0.3 is 4.74 Å². The van der Waals surface area contributed by atoms with Crippen molar-refractivity contribution in [3.05, 3.63) is 64.2 Å². The molecule has 0 N–H and O–H groups in total. The van der Waals surface area contributed by atoms with Crippen LogP contribution in [0.25, 0.3) is 0 Å². The maximum atomic E-state index is 13.4. The highest BCUT2D eigenvalue weighted by Crippen LogP contribution is 2.20. The molecule has 2 aromatic rings. The number of ether oxygens (including phenoxy) is 1. The summed E-state index contributed by atoms with van der Waals surface area (Å²) in [5.41, 5.74) is 0.851. The van der Waals surface area contributed by atoms with Gasteiger partial charge in [0.15, 0.2) is 0 Å². The van der Waals surface area contributed by atoms with Crippen LogP contribution < -0.4 is 4.74 Å². The highest BCUT2D eigenvalue weighted by atomic mass is 35.5. The predicted molar refractivity (Wildman–Crippen MR) is 66.9 cm³/mol. The summed E-state index contributed by atoms with van der Waals surface area (Å²) in [6.45, 7) is 1.69. The summed E-state index contributed by atoms with van der Waals surface area (Å²) < 4.78 is 31.9. The van der Waals surface area contributed by atoms with Gasteiger partial charge in [-0.25, -0.2) is 8.78 Å². The van der Waals surface area contributed by atoms with E-state index in [1.54, 1.807) is 13.0 Å². The molecule has 0 bridgehead atoms. The molecule has 0 fully saturated rings. The zero-order valence-corrected chi connectivity index (χ0v) is 10.5. The Labute approximate surface area is 109 Å². The van der Waals surface area contributed by atoms with Crippen LogP contribution in [0.1, 0.15) is 11.1 Å². The average molecular weight is 269 g/mol. The van der Waals surface area contributed by atoms with Gasteiger partial charge in [-0.05, 0) is 48.9 Å². The van der Waals surface area contributed by atoms with Crippen molar-refractivity contribution in [3.63, 3.8) is 0 Å². The molecule has 2 aromatic carbocycles. The monoisotopic (exact) mass is 268 g/mol. The molecule has 0 aliphatic heterocycles. The molecule has 0 unspecified atom stereocenters. The summed E-state index contributed by atoms with van der Waals surface area (Å²) in [5.74, 6) is -0.178. The summed E-state index contributed by atoms with van der Waals surface area (Å²) in [5, 5.41) is 0.449. The molecule has 2 rings (SSSR count). The van der Waals surface area contributed by atoms with E-state index < -0.39 is 0 Å². The third-order valence-electron chi connectivity index (χ3n) is 2.53. The van der Waals surface area contributed by atoms with Gasteiger partial charge in [0.25, 0.3) is 0 Å². The van der Waals surface area contributed by atoms with Crippen molar-refractivity contribution in [2.45, 2.75) is 13.5 Å². The Kier molecular flexibility index (Phi) is 3.82. The smallest absolute Gasteiger partial charge is 0.129 e. The van der Waals surface area contributed by atoms with Crippen molar-refractivity contribution in [1.82, 2.24) is 0 Å². The fraction of sp³-hybridized carbons (Fsp3) is 0.143. The lowest BCUT2D eigenvalue weighted by Gasteiger charge is -2.08. The second-order valence-electron chi connectivity index (χ2n) is 3.94. The number of rotatable bonds is 3. The Bertz CT molecular complexity index is 570. The van der Waals surface area contributed by atoms with E-state index in [1.807, 2.05) is 0 Å². The standard InChI is InChI=1S/C14H11ClF2O/c1-9-6-12(3-5-13(9)16)18-8-10-7-11(15)2-4-14(10)17/h2-7H,8H2,1H3. The maximum absolute atomic E-state index is 13.4. The second kappa shape index (κ2) is 5.36. The fourth-order valence-electron chi connectivity index (χ4n) is 1.52. The van der Waals surface area contributed by atoms with Gasteiger partial charge in [-0.15, -0.1) is 0 Å². The molecular formula is C14H11ClF2O. The molecule has 0 radical (unpaired) electrons. The quantitative estimate of drug-likeness (QED) is 0.796. The Morgan fingerprint density at radius 1 is 1.06 bits per heavy atom. The molecule has 0 amide bonds. The van der Waals surface area contributed by atoms with Crippen molar-refractivity contribution >= 4 is 11.6 Å². The van der Waals surface area contributed by atoms with E-state index in [1.165, 1.54) is 30.3 Å². The van der Waals surface area contributed by atoms with Crippen LogP contribution >= 0.6 is 11.6 Å². The van der Waals surface area contributed by atoms with Crippen molar-refractivity contribution in [2.24, 2.45) is 0 Å². The van der Waals surface area contributed by atoms with E-state index in [2.05, 4.69) is 0 Å². The Morgan fingerprint density at radius 3 is 2.50 bits per heavy atom. The van der Waals surface area contributed by atoms with Gasteiger partial charge in [-0.1, -0.05) is 11.6 Å². The first-order valence-corrected chi connectivity index (χ1v) is 5.77. The first kappa shape index (κ1) is 12.8. The first-order chi connectivity index (χ1) is 8.56. The van der Waals surface area contributed by atoms with Gasteiger partial charge >= 0.3 is 0 Å². The highest BCUT2D eigenvalue weighted by molar-refractivity contribution is 6.30.